The van der Waals surface area contributed by atoms with Crippen molar-refractivity contribution < 1.29 is 9.59 Å². The van der Waals surface area contributed by atoms with Crippen LogP contribution in [0.4, 0.5) is 11.4 Å². The number of anilines is 2. The van der Waals surface area contributed by atoms with E-state index in [2.05, 4.69) is 166 Å². The second kappa shape index (κ2) is 14.1. The lowest BCUT2D eigenvalue weighted by Crippen LogP contribution is -2.18. The second-order valence-corrected chi connectivity index (χ2v) is 20.5. The monoisotopic (exact) mass is 768 g/mol. The van der Waals surface area contributed by atoms with Gasteiger partial charge in [-0.2, -0.15) is 0 Å². The highest BCUT2D eigenvalue weighted by molar-refractivity contribution is 6.14. The van der Waals surface area contributed by atoms with Crippen LogP contribution in [0.5, 0.6) is 0 Å². The number of carbonyl (C=O) groups excluding carboxylic acids is 2. The SMILES string of the molecule is C=C1/C=C(C(C)(C)C)\C=C/N(c2ccc(C)c(C(=O)c3ccc(-n4c5c(c6cc(C(C)(C)C)ccc64)C=C(C(C)(C)C)C5)cc3C=O)c2)c2ccc(C(C)(C)C)cc21. The van der Waals surface area contributed by atoms with Crippen LogP contribution in [0.1, 0.15) is 143 Å². The van der Waals surface area contributed by atoms with Gasteiger partial charge in [0.25, 0.3) is 0 Å². The van der Waals surface area contributed by atoms with Crippen LogP contribution >= 0.6 is 0 Å². The Hall–Kier alpha value is -5.48. The molecule has 4 aromatic carbocycles. The van der Waals surface area contributed by atoms with E-state index in [-0.39, 0.29) is 27.4 Å². The lowest BCUT2D eigenvalue weighted by Gasteiger charge is -2.30. The number of rotatable bonds is 5. The lowest BCUT2D eigenvalue weighted by molar-refractivity contribution is 0.102. The number of fused-ring (bicyclic) bond motifs is 4. The molecule has 0 amide bonds. The molecule has 58 heavy (non-hydrogen) atoms. The summed E-state index contributed by atoms with van der Waals surface area (Å²) in [5.74, 6) is -0.180. The Labute approximate surface area is 346 Å². The number of nitrogens with zero attached hydrogens (tertiary/aromatic N) is 2. The zero-order valence-corrected chi connectivity index (χ0v) is 36.9. The maximum atomic E-state index is 14.7. The van der Waals surface area contributed by atoms with Gasteiger partial charge in [-0.1, -0.05) is 126 Å². The molecule has 0 bridgehead atoms. The maximum absolute atomic E-state index is 14.7. The van der Waals surface area contributed by atoms with Crippen LogP contribution in [0.2, 0.25) is 0 Å². The van der Waals surface area contributed by atoms with Crippen LogP contribution < -0.4 is 4.90 Å². The smallest absolute Gasteiger partial charge is 0.194 e. The van der Waals surface area contributed by atoms with E-state index in [1.807, 2.05) is 37.3 Å². The van der Waals surface area contributed by atoms with Gasteiger partial charge in [0.15, 0.2) is 12.1 Å². The van der Waals surface area contributed by atoms with Crippen molar-refractivity contribution in [3.8, 4) is 5.69 Å². The molecule has 2 heterocycles. The predicted molar refractivity (Wildman–Crippen MR) is 246 cm³/mol. The number of hydrogen-bond acceptors (Lipinski definition) is 3. The topological polar surface area (TPSA) is 42.3 Å². The Bertz CT molecular complexity index is 2630. The zero-order chi connectivity index (χ0) is 42.3. The summed E-state index contributed by atoms with van der Waals surface area (Å²) in [4.78, 5) is 29.8. The summed E-state index contributed by atoms with van der Waals surface area (Å²) in [5, 5.41) is 1.21. The Morgan fingerprint density at radius 3 is 1.98 bits per heavy atom. The minimum absolute atomic E-state index is 0.00345. The molecule has 0 radical (unpaired) electrons. The number of allylic oxidation sites excluding steroid dienone is 5. The van der Waals surface area contributed by atoms with Gasteiger partial charge in [0.1, 0.15) is 0 Å². The van der Waals surface area contributed by atoms with Crippen molar-refractivity contribution in [2.24, 2.45) is 10.8 Å². The van der Waals surface area contributed by atoms with E-state index in [4.69, 9.17) is 0 Å². The van der Waals surface area contributed by atoms with Crippen LogP contribution in [0.3, 0.4) is 0 Å². The van der Waals surface area contributed by atoms with Crippen molar-refractivity contribution in [1.29, 1.82) is 0 Å². The van der Waals surface area contributed by atoms with Gasteiger partial charge < -0.3 is 9.47 Å². The number of hydrogen-bond donors (Lipinski definition) is 0. The third kappa shape index (κ3) is 7.39. The molecule has 0 spiro atoms. The molecule has 1 aliphatic heterocycles. The molecule has 4 heteroatoms. The van der Waals surface area contributed by atoms with Crippen molar-refractivity contribution in [2.45, 2.75) is 107 Å². The van der Waals surface area contributed by atoms with Crippen molar-refractivity contribution >= 4 is 46.0 Å². The van der Waals surface area contributed by atoms with Crippen LogP contribution in [0.25, 0.3) is 28.2 Å². The number of aryl methyl sites for hydroxylation is 1. The molecule has 0 fully saturated rings. The maximum Gasteiger partial charge on any atom is 0.194 e. The van der Waals surface area contributed by atoms with Crippen molar-refractivity contribution in [1.82, 2.24) is 4.57 Å². The Morgan fingerprint density at radius 1 is 0.690 bits per heavy atom. The van der Waals surface area contributed by atoms with Gasteiger partial charge in [-0.05, 0) is 117 Å². The molecule has 0 saturated heterocycles. The van der Waals surface area contributed by atoms with E-state index in [1.165, 1.54) is 33.3 Å². The molecular weight excluding hydrogens is 709 g/mol. The summed E-state index contributed by atoms with van der Waals surface area (Å²) in [6.45, 7) is 33.4. The van der Waals surface area contributed by atoms with Gasteiger partial charge in [-0.25, -0.2) is 0 Å². The molecule has 1 aliphatic carbocycles. The van der Waals surface area contributed by atoms with E-state index < -0.39 is 0 Å². The molecule has 4 nitrogen and oxygen atoms in total. The van der Waals surface area contributed by atoms with E-state index in [9.17, 15) is 9.59 Å². The molecule has 5 aromatic rings. The molecular formula is C54H60N2O2. The van der Waals surface area contributed by atoms with Gasteiger partial charge >= 0.3 is 0 Å². The summed E-state index contributed by atoms with van der Waals surface area (Å²) < 4.78 is 2.30. The van der Waals surface area contributed by atoms with Gasteiger partial charge in [0, 0.05) is 62.9 Å². The first-order valence-electron chi connectivity index (χ1n) is 20.6. The second-order valence-electron chi connectivity index (χ2n) is 20.5. The highest BCUT2D eigenvalue weighted by atomic mass is 16.1. The summed E-state index contributed by atoms with van der Waals surface area (Å²) in [6.07, 6.45) is 10.5. The fourth-order valence-electron chi connectivity index (χ4n) is 8.21. The fraction of sp³-hybridized carbons (Fsp3) is 0.333. The summed E-state index contributed by atoms with van der Waals surface area (Å²) in [7, 11) is 0. The molecule has 7 rings (SSSR count). The highest BCUT2D eigenvalue weighted by Crippen LogP contribution is 2.44. The standard InChI is InChI=1S/C54H60N2O2/c1-33-15-18-40(55-24-23-38(53(9,10)11)25-34(2)43-27-36(51(3,4)5)16-21-47(43)55)31-44(33)50(58)42-20-19-41(26-35(42)32-57)56-48-22-17-37(52(6,7)8)28-45(48)46-29-39(30-49(46)56)54(12,13)14/h15-29,31-32H,2,30H2,1,3-14H3/b24-23-,38-25+. The Morgan fingerprint density at radius 2 is 1.34 bits per heavy atom. The largest absolute Gasteiger partial charge is 0.317 e. The fourth-order valence-corrected chi connectivity index (χ4v) is 8.21. The zero-order valence-electron chi connectivity index (χ0n) is 36.9. The van der Waals surface area contributed by atoms with Gasteiger partial charge in [-0.15, -0.1) is 0 Å². The third-order valence-electron chi connectivity index (χ3n) is 12.1. The third-order valence-corrected chi connectivity index (χ3v) is 12.1. The van der Waals surface area contributed by atoms with E-state index >= 15 is 0 Å². The van der Waals surface area contributed by atoms with Crippen LogP contribution in [-0.2, 0) is 17.3 Å². The lowest BCUT2D eigenvalue weighted by atomic mass is 9.82. The number of benzene rings is 4. The summed E-state index contributed by atoms with van der Waals surface area (Å²) in [6, 6.07) is 25.1. The summed E-state index contributed by atoms with van der Waals surface area (Å²) in [5.41, 5.74) is 15.4. The number of carbonyl (C=O) groups is 2. The normalized spacial score (nSPS) is 16.3. The number of ketones is 1. The quantitative estimate of drug-likeness (QED) is 0.132. The first-order valence-corrected chi connectivity index (χ1v) is 20.6. The van der Waals surface area contributed by atoms with Gasteiger partial charge in [-0.3, -0.25) is 9.59 Å². The van der Waals surface area contributed by atoms with Gasteiger partial charge in [0.2, 0.25) is 0 Å². The molecule has 0 saturated carbocycles. The first-order chi connectivity index (χ1) is 27.0. The van der Waals surface area contributed by atoms with E-state index in [1.54, 1.807) is 0 Å². The van der Waals surface area contributed by atoms with E-state index in [0.29, 0.717) is 16.7 Å². The Balaban J connectivity index is 1.33. The molecule has 2 aliphatic rings. The molecule has 1 aromatic heterocycles. The average molecular weight is 769 g/mol. The van der Waals surface area contributed by atoms with Crippen LogP contribution in [0.15, 0.2) is 109 Å². The Kier molecular flexibility index (Phi) is 9.91. The predicted octanol–water partition coefficient (Wildman–Crippen LogP) is 14.2. The molecule has 298 valence electrons. The molecule has 0 N–H and O–H groups in total. The first kappa shape index (κ1) is 40.7. The number of aromatic nitrogens is 1. The van der Waals surface area contributed by atoms with Crippen LogP contribution in [-0.4, -0.2) is 16.6 Å². The van der Waals surface area contributed by atoms with Gasteiger partial charge in [0.05, 0.1) is 11.2 Å². The van der Waals surface area contributed by atoms with Crippen molar-refractivity contribution in [2.75, 3.05) is 4.90 Å². The van der Waals surface area contributed by atoms with Crippen molar-refractivity contribution in [3.05, 3.63) is 159 Å². The number of aldehydes is 1. The van der Waals surface area contributed by atoms with E-state index in [0.717, 1.165) is 57.6 Å². The minimum atomic E-state index is -0.180. The molecule has 0 atom stereocenters. The summed E-state index contributed by atoms with van der Waals surface area (Å²) >= 11 is 0. The molecule has 0 unspecified atom stereocenters. The van der Waals surface area contributed by atoms with Crippen molar-refractivity contribution in [3.63, 3.8) is 0 Å². The highest BCUT2D eigenvalue weighted by Gasteiger charge is 2.30. The minimum Gasteiger partial charge on any atom is -0.317 e. The van der Waals surface area contributed by atoms with Crippen LogP contribution in [0, 0.1) is 17.8 Å². The average Bonchev–Trinajstić information content (AvgIpc) is 3.70.